The lowest BCUT2D eigenvalue weighted by atomic mass is 10.1. The Bertz CT molecular complexity index is 756. The molecular formula is C17H19BrClN3O2S. The fraction of sp³-hybridized carbons (Fsp3) is 0.235. The van der Waals surface area contributed by atoms with Crippen molar-refractivity contribution in [3.8, 4) is 5.75 Å². The number of amidine groups is 1. The van der Waals surface area contributed by atoms with E-state index < -0.39 is 11.4 Å². The van der Waals surface area contributed by atoms with Crippen molar-refractivity contribution < 1.29 is 9.29 Å². The van der Waals surface area contributed by atoms with Crippen molar-refractivity contribution in [2.24, 2.45) is 0 Å². The van der Waals surface area contributed by atoms with Crippen molar-refractivity contribution in [3.63, 3.8) is 0 Å². The Balaban J connectivity index is 2.37. The topological polar surface area (TPSA) is 71.4 Å². The Labute approximate surface area is 164 Å². The zero-order valence-corrected chi connectivity index (χ0v) is 17.3. The molecule has 5 nitrogen and oxygen atoms in total. The molecular weight excluding hydrogens is 426 g/mol. The molecule has 8 heteroatoms. The summed E-state index contributed by atoms with van der Waals surface area (Å²) in [6, 6.07) is 10.9. The molecule has 0 aliphatic rings. The van der Waals surface area contributed by atoms with E-state index in [1.165, 1.54) is 4.31 Å². The highest BCUT2D eigenvalue weighted by atomic mass is 79.9. The van der Waals surface area contributed by atoms with E-state index in [1.54, 1.807) is 26.5 Å². The Morgan fingerprint density at radius 3 is 2.48 bits per heavy atom. The molecule has 1 unspecified atom stereocenters. The Hall–Kier alpha value is -1.41. The van der Waals surface area contributed by atoms with Gasteiger partial charge in [0.1, 0.15) is 12.0 Å². The number of nitrogens with zero attached hydrogens (tertiary/aromatic N) is 1. The normalized spacial score (nSPS) is 11.8. The number of nitrogens with one attached hydrogen (secondary N) is 2. The summed E-state index contributed by atoms with van der Waals surface area (Å²) in [5.74, 6) is 0.836. The molecule has 0 saturated heterocycles. The third-order valence-corrected chi connectivity index (χ3v) is 5.54. The maximum Gasteiger partial charge on any atom is 0.177 e. The summed E-state index contributed by atoms with van der Waals surface area (Å²) in [6.07, 6.45) is 1.54. The van der Waals surface area contributed by atoms with Gasteiger partial charge in [0.2, 0.25) is 0 Å². The second-order valence-electron chi connectivity index (χ2n) is 5.19. The second-order valence-corrected chi connectivity index (χ2v) is 7.74. The van der Waals surface area contributed by atoms with Crippen molar-refractivity contribution in [3.05, 3.63) is 57.0 Å². The molecule has 134 valence electrons. The van der Waals surface area contributed by atoms with Crippen LogP contribution in [0, 0.1) is 5.41 Å². The average molecular weight is 445 g/mol. The summed E-state index contributed by atoms with van der Waals surface area (Å²) in [7, 11) is 3.36. The number of hydrogen-bond donors (Lipinski definition) is 2. The number of anilines is 1. The van der Waals surface area contributed by atoms with Gasteiger partial charge in [-0.1, -0.05) is 23.7 Å². The van der Waals surface area contributed by atoms with Gasteiger partial charge in [0.25, 0.3) is 0 Å². The summed E-state index contributed by atoms with van der Waals surface area (Å²) in [5.41, 5.74) is 2.10. The molecule has 2 aromatic rings. The SMILES string of the molecule is CNc1c(Br)ccc(Cl)c1C(=N)N(Cc1ccc(OC)cc1)[S+](C)[O-]. The molecule has 0 radical (unpaired) electrons. The molecule has 25 heavy (non-hydrogen) atoms. The van der Waals surface area contributed by atoms with Crippen LogP contribution < -0.4 is 10.1 Å². The van der Waals surface area contributed by atoms with Crippen LogP contribution in [0.5, 0.6) is 5.75 Å². The highest BCUT2D eigenvalue weighted by Crippen LogP contribution is 2.33. The smallest absolute Gasteiger partial charge is 0.177 e. The van der Waals surface area contributed by atoms with E-state index in [0.717, 1.165) is 15.8 Å². The summed E-state index contributed by atoms with van der Waals surface area (Å²) >= 11 is 8.38. The van der Waals surface area contributed by atoms with Crippen molar-refractivity contribution in [1.29, 1.82) is 5.41 Å². The molecule has 0 heterocycles. The Morgan fingerprint density at radius 1 is 1.32 bits per heavy atom. The number of ether oxygens (including phenoxy) is 1. The van der Waals surface area contributed by atoms with Gasteiger partial charge in [-0.3, -0.25) is 5.41 Å². The van der Waals surface area contributed by atoms with E-state index in [1.807, 2.05) is 30.3 Å². The van der Waals surface area contributed by atoms with Crippen LogP contribution in [0.25, 0.3) is 0 Å². The lowest BCUT2D eigenvalue weighted by Crippen LogP contribution is -2.36. The standard InChI is InChI=1S/C17H19BrClN3O2S/c1-21-16-13(18)8-9-14(19)15(16)17(20)22(25(3)23)10-11-4-6-12(24-2)7-5-11/h4-9,20-21H,10H2,1-3H3. The lowest BCUT2D eigenvalue weighted by molar-refractivity contribution is 0.414. The highest BCUT2D eigenvalue weighted by Gasteiger charge is 2.26. The number of rotatable bonds is 6. The quantitative estimate of drug-likeness (QED) is 0.396. The minimum Gasteiger partial charge on any atom is -0.593 e. The highest BCUT2D eigenvalue weighted by molar-refractivity contribution is 9.10. The molecule has 0 aliphatic carbocycles. The van der Waals surface area contributed by atoms with Crippen molar-refractivity contribution >= 4 is 50.4 Å². The van der Waals surface area contributed by atoms with Gasteiger partial charge in [-0.05, 0) is 45.8 Å². The van der Waals surface area contributed by atoms with Crippen molar-refractivity contribution in [2.45, 2.75) is 6.54 Å². The molecule has 1 atom stereocenters. The first-order chi connectivity index (χ1) is 11.9. The molecule has 0 amide bonds. The van der Waals surface area contributed by atoms with Crippen LogP contribution in [0.2, 0.25) is 5.02 Å². The fourth-order valence-electron chi connectivity index (χ4n) is 2.35. The van der Waals surface area contributed by atoms with E-state index in [9.17, 15) is 4.55 Å². The third kappa shape index (κ3) is 4.61. The van der Waals surface area contributed by atoms with Crippen LogP contribution in [0.3, 0.4) is 0 Å². The molecule has 0 saturated carbocycles. The van der Waals surface area contributed by atoms with E-state index in [2.05, 4.69) is 21.2 Å². The van der Waals surface area contributed by atoms with Gasteiger partial charge < -0.3 is 14.6 Å². The summed E-state index contributed by atoms with van der Waals surface area (Å²) in [5, 5.41) is 12.1. The van der Waals surface area contributed by atoms with Gasteiger partial charge in [-0.25, -0.2) is 0 Å². The van der Waals surface area contributed by atoms with Gasteiger partial charge in [0, 0.05) is 11.5 Å². The zero-order chi connectivity index (χ0) is 18.6. The first-order valence-corrected chi connectivity index (χ1v) is 10.1. The van der Waals surface area contributed by atoms with Crippen LogP contribution in [-0.2, 0) is 17.9 Å². The van der Waals surface area contributed by atoms with Crippen LogP contribution in [0.15, 0.2) is 40.9 Å². The molecule has 2 aromatic carbocycles. The fourth-order valence-corrected chi connectivity index (χ4v) is 3.80. The van der Waals surface area contributed by atoms with Crippen molar-refractivity contribution in [1.82, 2.24) is 4.31 Å². The predicted molar refractivity (Wildman–Crippen MR) is 108 cm³/mol. The molecule has 2 N–H and O–H groups in total. The van der Waals surface area contributed by atoms with Crippen molar-refractivity contribution in [2.75, 3.05) is 25.7 Å². The number of benzene rings is 2. The molecule has 0 aliphatic heterocycles. The maximum absolute atomic E-state index is 12.3. The predicted octanol–water partition coefficient (Wildman–Crippen LogP) is 4.27. The summed E-state index contributed by atoms with van der Waals surface area (Å²) in [4.78, 5) is 0. The lowest BCUT2D eigenvalue weighted by Gasteiger charge is -2.26. The molecule has 0 spiro atoms. The first kappa shape index (κ1) is 19.9. The number of methoxy groups -OCH3 is 1. The zero-order valence-electron chi connectivity index (χ0n) is 14.1. The monoisotopic (exact) mass is 443 g/mol. The Kier molecular flexibility index (Phi) is 7.01. The van der Waals surface area contributed by atoms with Gasteiger partial charge in [0.15, 0.2) is 5.84 Å². The van der Waals surface area contributed by atoms with E-state index in [-0.39, 0.29) is 5.84 Å². The van der Waals surface area contributed by atoms with Gasteiger partial charge >= 0.3 is 0 Å². The van der Waals surface area contributed by atoms with Crippen LogP contribution in [-0.4, -0.2) is 35.1 Å². The first-order valence-electron chi connectivity index (χ1n) is 7.37. The molecule has 0 bridgehead atoms. The van der Waals surface area contributed by atoms with E-state index in [4.69, 9.17) is 21.7 Å². The largest absolute Gasteiger partial charge is 0.593 e. The molecule has 2 rings (SSSR count). The summed E-state index contributed by atoms with van der Waals surface area (Å²) < 4.78 is 19.7. The third-order valence-electron chi connectivity index (χ3n) is 3.64. The number of hydrogen-bond acceptors (Lipinski definition) is 4. The van der Waals surface area contributed by atoms with E-state index in [0.29, 0.717) is 22.8 Å². The van der Waals surface area contributed by atoms with Gasteiger partial charge in [-0.15, -0.1) is 0 Å². The van der Waals surface area contributed by atoms with Gasteiger partial charge in [-0.2, -0.15) is 4.31 Å². The minimum atomic E-state index is -1.39. The van der Waals surface area contributed by atoms with E-state index >= 15 is 0 Å². The van der Waals surface area contributed by atoms with Gasteiger partial charge in [0.05, 0.1) is 41.3 Å². The van der Waals surface area contributed by atoms with Crippen LogP contribution >= 0.6 is 27.5 Å². The van der Waals surface area contributed by atoms with Crippen LogP contribution in [0.4, 0.5) is 5.69 Å². The average Bonchev–Trinajstić information content (AvgIpc) is 2.61. The Morgan fingerprint density at radius 2 is 1.96 bits per heavy atom. The molecule has 0 fully saturated rings. The minimum absolute atomic E-state index is 0.0901. The maximum atomic E-state index is 12.3. The summed E-state index contributed by atoms with van der Waals surface area (Å²) in [6.45, 7) is 0.317. The van der Waals surface area contributed by atoms with Crippen LogP contribution in [0.1, 0.15) is 11.1 Å². The number of halogens is 2. The molecule has 0 aromatic heterocycles. The second kappa shape index (κ2) is 8.80.